The van der Waals surface area contributed by atoms with Crippen LogP contribution in [0.2, 0.25) is 0 Å². The molecule has 1 aromatic rings. The number of carbonyl (C=O) groups is 3. The van der Waals surface area contributed by atoms with Crippen LogP contribution in [-0.2, 0) is 14.3 Å². The minimum Gasteiger partial charge on any atom is -0.444 e. The van der Waals surface area contributed by atoms with Crippen molar-refractivity contribution in [1.29, 1.82) is 0 Å². The highest BCUT2D eigenvalue weighted by Crippen LogP contribution is 2.27. The first-order chi connectivity index (χ1) is 15.5. The Hall–Kier alpha value is -2.57. The van der Waals surface area contributed by atoms with Crippen molar-refractivity contribution in [3.63, 3.8) is 0 Å². The van der Waals surface area contributed by atoms with Gasteiger partial charge >= 0.3 is 6.09 Å². The van der Waals surface area contributed by atoms with Crippen LogP contribution in [0.25, 0.3) is 0 Å². The number of hydrogen-bond acceptors (Lipinski definition) is 4. The van der Waals surface area contributed by atoms with Gasteiger partial charge in [0.2, 0.25) is 11.8 Å². The third kappa shape index (κ3) is 10.6. The molecule has 0 saturated carbocycles. The molecule has 7 nitrogen and oxygen atoms in total. The van der Waals surface area contributed by atoms with Gasteiger partial charge in [-0.2, -0.15) is 0 Å². The van der Waals surface area contributed by atoms with Crippen LogP contribution in [0, 0.1) is 12.8 Å². The molecular formula is C27H45N3O4. The lowest BCUT2D eigenvalue weighted by Gasteiger charge is -2.38. The van der Waals surface area contributed by atoms with Gasteiger partial charge in [0.25, 0.3) is 0 Å². The highest BCUT2D eigenvalue weighted by atomic mass is 16.6. The van der Waals surface area contributed by atoms with E-state index in [-0.39, 0.29) is 24.4 Å². The topological polar surface area (TPSA) is 87.7 Å². The van der Waals surface area contributed by atoms with Crippen molar-refractivity contribution in [1.82, 2.24) is 15.5 Å². The van der Waals surface area contributed by atoms with Crippen LogP contribution in [0.3, 0.4) is 0 Å². The first kappa shape index (κ1) is 29.5. The van der Waals surface area contributed by atoms with Crippen LogP contribution in [0.5, 0.6) is 0 Å². The van der Waals surface area contributed by atoms with Gasteiger partial charge in [0.15, 0.2) is 0 Å². The van der Waals surface area contributed by atoms with Gasteiger partial charge in [-0.05, 0) is 79.7 Å². The van der Waals surface area contributed by atoms with Crippen LogP contribution >= 0.6 is 0 Å². The zero-order chi connectivity index (χ0) is 26.3. The number of carbonyl (C=O) groups excluding carboxylic acids is 3. The van der Waals surface area contributed by atoms with Crippen molar-refractivity contribution in [2.75, 3.05) is 6.54 Å². The molecule has 1 rings (SSSR count). The molecule has 0 aliphatic heterocycles. The van der Waals surface area contributed by atoms with Gasteiger partial charge in [0.05, 0.1) is 0 Å². The van der Waals surface area contributed by atoms with Crippen LogP contribution in [0.4, 0.5) is 4.79 Å². The second-order valence-electron chi connectivity index (χ2n) is 11.5. The van der Waals surface area contributed by atoms with Crippen LogP contribution in [0.1, 0.15) is 92.3 Å². The number of aryl methyl sites for hydroxylation is 1. The molecule has 0 heterocycles. The van der Waals surface area contributed by atoms with E-state index in [1.807, 2.05) is 58.9 Å². The average molecular weight is 476 g/mol. The molecule has 34 heavy (non-hydrogen) atoms. The Morgan fingerprint density at radius 3 is 1.97 bits per heavy atom. The molecule has 0 radical (unpaired) electrons. The van der Waals surface area contributed by atoms with Gasteiger partial charge in [-0.15, -0.1) is 0 Å². The Morgan fingerprint density at radius 2 is 1.50 bits per heavy atom. The minimum absolute atomic E-state index is 0.215. The summed E-state index contributed by atoms with van der Waals surface area (Å²) in [4.78, 5) is 40.9. The molecule has 0 saturated heterocycles. The highest BCUT2D eigenvalue weighted by molar-refractivity contribution is 5.91. The maximum Gasteiger partial charge on any atom is 0.408 e. The van der Waals surface area contributed by atoms with E-state index in [2.05, 4.69) is 24.5 Å². The first-order valence-electron chi connectivity index (χ1n) is 12.2. The summed E-state index contributed by atoms with van der Waals surface area (Å²) in [6.45, 7) is 19.0. The summed E-state index contributed by atoms with van der Waals surface area (Å²) in [7, 11) is 0. The monoisotopic (exact) mass is 475 g/mol. The summed E-state index contributed by atoms with van der Waals surface area (Å²) in [5, 5.41) is 5.60. The number of alkyl carbamates (subject to hydrolysis) is 1. The molecule has 0 aliphatic carbocycles. The fraction of sp³-hybridized carbons (Fsp3) is 0.667. The largest absolute Gasteiger partial charge is 0.444 e. The third-order valence-corrected chi connectivity index (χ3v) is 5.13. The Morgan fingerprint density at radius 1 is 0.941 bits per heavy atom. The molecule has 3 amide bonds. The molecular weight excluding hydrogens is 430 g/mol. The van der Waals surface area contributed by atoms with Gasteiger partial charge in [0.1, 0.15) is 18.2 Å². The Kier molecular flexibility index (Phi) is 10.6. The molecule has 0 spiro atoms. The number of rotatable bonds is 9. The number of nitrogens with zero attached hydrogens (tertiary/aromatic N) is 1. The zero-order valence-corrected chi connectivity index (χ0v) is 22.7. The molecule has 0 aliphatic rings. The summed E-state index contributed by atoms with van der Waals surface area (Å²) in [5.41, 5.74) is 0.657. The van der Waals surface area contributed by atoms with Gasteiger partial charge in [0, 0.05) is 11.6 Å². The van der Waals surface area contributed by atoms with Crippen molar-refractivity contribution in [3.05, 3.63) is 35.4 Å². The van der Waals surface area contributed by atoms with Gasteiger partial charge < -0.3 is 20.3 Å². The lowest BCUT2D eigenvalue weighted by Crippen LogP contribution is -2.53. The van der Waals surface area contributed by atoms with E-state index in [0.29, 0.717) is 5.92 Å². The normalized spacial score (nSPS) is 13.7. The predicted octanol–water partition coefficient (Wildman–Crippen LogP) is 5.13. The summed E-state index contributed by atoms with van der Waals surface area (Å²) < 4.78 is 5.28. The van der Waals surface area contributed by atoms with Crippen molar-refractivity contribution < 1.29 is 19.1 Å². The standard InChI is InChI=1S/C27H45N3O4/c1-18(2)11-14-20(4)30(22(31)17-28-25(33)34-27(8,9)10)23(24(32)29-26(5,6)7)21-15-12-19(3)13-16-21/h12-13,15-16,18,20,23H,11,14,17H2,1-10H3,(H,28,33)(H,29,32). The molecule has 1 aromatic carbocycles. The van der Waals surface area contributed by atoms with Crippen LogP contribution in [-0.4, -0.2) is 46.5 Å². The molecule has 0 bridgehead atoms. The van der Waals surface area contributed by atoms with Crippen LogP contribution in [0.15, 0.2) is 24.3 Å². The maximum absolute atomic E-state index is 13.5. The van der Waals surface area contributed by atoms with E-state index in [9.17, 15) is 14.4 Å². The number of nitrogens with one attached hydrogen (secondary N) is 2. The number of hydrogen-bond donors (Lipinski definition) is 2. The third-order valence-electron chi connectivity index (χ3n) is 5.13. The Bertz CT molecular complexity index is 820. The summed E-state index contributed by atoms with van der Waals surface area (Å²) >= 11 is 0. The molecule has 0 fully saturated rings. The second kappa shape index (κ2) is 12.2. The zero-order valence-electron chi connectivity index (χ0n) is 22.7. The number of benzene rings is 1. The van der Waals surface area contributed by atoms with Gasteiger partial charge in [-0.3, -0.25) is 9.59 Å². The Balaban J connectivity index is 3.34. The van der Waals surface area contributed by atoms with Crippen molar-refractivity contribution >= 4 is 17.9 Å². The summed E-state index contributed by atoms with van der Waals surface area (Å²) in [6, 6.07) is 6.61. The lowest BCUT2D eigenvalue weighted by molar-refractivity contribution is -0.143. The first-order valence-corrected chi connectivity index (χ1v) is 12.2. The highest BCUT2D eigenvalue weighted by Gasteiger charge is 2.36. The molecule has 7 heteroatoms. The molecule has 2 atom stereocenters. The van der Waals surface area contributed by atoms with E-state index < -0.39 is 23.3 Å². The fourth-order valence-corrected chi connectivity index (χ4v) is 3.54. The molecule has 2 N–H and O–H groups in total. The summed E-state index contributed by atoms with van der Waals surface area (Å²) in [6.07, 6.45) is 0.981. The van der Waals surface area contributed by atoms with Crippen molar-refractivity contribution in [2.45, 2.75) is 105 Å². The van der Waals surface area contributed by atoms with Crippen molar-refractivity contribution in [3.8, 4) is 0 Å². The van der Waals surface area contributed by atoms with Gasteiger partial charge in [-0.25, -0.2) is 4.79 Å². The maximum atomic E-state index is 13.5. The smallest absolute Gasteiger partial charge is 0.408 e. The number of ether oxygens (including phenoxy) is 1. The Labute approximate surface area is 206 Å². The molecule has 2 unspecified atom stereocenters. The van der Waals surface area contributed by atoms with Crippen molar-refractivity contribution in [2.24, 2.45) is 5.92 Å². The van der Waals surface area contributed by atoms with E-state index in [4.69, 9.17) is 4.74 Å². The van der Waals surface area contributed by atoms with E-state index in [0.717, 1.165) is 24.0 Å². The van der Waals surface area contributed by atoms with E-state index in [1.165, 1.54) is 0 Å². The minimum atomic E-state index is -0.824. The average Bonchev–Trinajstić information content (AvgIpc) is 2.66. The predicted molar refractivity (Wildman–Crippen MR) is 136 cm³/mol. The van der Waals surface area contributed by atoms with Crippen LogP contribution < -0.4 is 10.6 Å². The van der Waals surface area contributed by atoms with E-state index in [1.54, 1.807) is 25.7 Å². The molecule has 192 valence electrons. The number of amides is 3. The SMILES string of the molecule is Cc1ccc(C(C(=O)NC(C)(C)C)N(C(=O)CNC(=O)OC(C)(C)C)C(C)CCC(C)C)cc1. The fourth-order valence-electron chi connectivity index (χ4n) is 3.54. The summed E-state index contributed by atoms with van der Waals surface area (Å²) in [5.74, 6) is -0.129. The van der Waals surface area contributed by atoms with E-state index >= 15 is 0 Å². The second-order valence-corrected chi connectivity index (χ2v) is 11.5. The molecule has 0 aromatic heterocycles. The van der Waals surface area contributed by atoms with Gasteiger partial charge in [-0.1, -0.05) is 43.7 Å². The lowest BCUT2D eigenvalue weighted by atomic mass is 9.96. The quantitative estimate of drug-likeness (QED) is 0.518.